The van der Waals surface area contributed by atoms with Crippen molar-refractivity contribution < 1.29 is 4.42 Å². The fourth-order valence-corrected chi connectivity index (χ4v) is 7.92. The number of nitrogens with zero attached hydrogens (tertiary/aromatic N) is 4. The van der Waals surface area contributed by atoms with Gasteiger partial charge in [-0.1, -0.05) is 127 Å². The van der Waals surface area contributed by atoms with Crippen molar-refractivity contribution in [1.82, 2.24) is 19.9 Å². The van der Waals surface area contributed by atoms with Gasteiger partial charge in [-0.15, -0.1) is 11.3 Å². The van der Waals surface area contributed by atoms with E-state index >= 15 is 0 Å². The lowest BCUT2D eigenvalue weighted by Gasteiger charge is -2.10. The predicted octanol–water partition coefficient (Wildman–Crippen LogP) is 11.9. The molecule has 5 nitrogen and oxygen atoms in total. The highest BCUT2D eigenvalue weighted by Gasteiger charge is 2.18. The summed E-state index contributed by atoms with van der Waals surface area (Å²) in [6.07, 6.45) is 0. The minimum absolute atomic E-state index is 0.635. The molecule has 0 radical (unpaired) electrons. The van der Waals surface area contributed by atoms with E-state index in [2.05, 4.69) is 91.0 Å². The fourth-order valence-electron chi connectivity index (χ4n) is 6.68. The van der Waals surface area contributed by atoms with Gasteiger partial charge in [-0.2, -0.15) is 0 Å². The van der Waals surface area contributed by atoms with Crippen molar-refractivity contribution in [2.24, 2.45) is 0 Å². The van der Waals surface area contributed by atoms with Crippen LogP contribution in [-0.2, 0) is 0 Å². The van der Waals surface area contributed by atoms with Crippen LogP contribution >= 0.6 is 11.3 Å². The van der Waals surface area contributed by atoms with Gasteiger partial charge in [-0.05, 0) is 52.2 Å². The molecule has 0 N–H and O–H groups in total. The van der Waals surface area contributed by atoms with Crippen LogP contribution in [0.1, 0.15) is 0 Å². The Morgan fingerprint density at radius 1 is 0.440 bits per heavy atom. The van der Waals surface area contributed by atoms with E-state index in [-0.39, 0.29) is 0 Å². The number of thiophene rings is 1. The second-order valence-corrected chi connectivity index (χ2v) is 13.3. The van der Waals surface area contributed by atoms with Gasteiger partial charge in [-0.3, -0.25) is 0 Å². The van der Waals surface area contributed by atoms with Crippen LogP contribution < -0.4 is 0 Å². The van der Waals surface area contributed by atoms with E-state index in [1.54, 1.807) is 11.3 Å². The fraction of sp³-hybridized carbons (Fsp3) is 0. The molecule has 0 aliphatic rings. The Labute approximate surface area is 291 Å². The Hall–Kier alpha value is -6.50. The molecule has 3 aromatic heterocycles. The van der Waals surface area contributed by atoms with E-state index in [1.807, 2.05) is 66.7 Å². The van der Waals surface area contributed by atoms with E-state index in [1.165, 1.54) is 25.7 Å². The third-order valence-electron chi connectivity index (χ3n) is 9.17. The van der Waals surface area contributed by atoms with Crippen LogP contribution in [0.15, 0.2) is 162 Å². The van der Waals surface area contributed by atoms with Crippen molar-refractivity contribution >= 4 is 53.4 Å². The van der Waals surface area contributed by atoms with Crippen LogP contribution in [0.25, 0.3) is 98.8 Å². The first-order valence-electron chi connectivity index (χ1n) is 16.5. The number of benzene rings is 7. The number of hydrogen-bond donors (Lipinski definition) is 0. The molecular weight excluding hydrogens is 633 g/mol. The molecule has 0 unspecified atom stereocenters. The third-order valence-corrected chi connectivity index (χ3v) is 10.4. The van der Waals surface area contributed by atoms with Gasteiger partial charge in [-0.25, -0.2) is 19.9 Å². The quantitative estimate of drug-likeness (QED) is 0.184. The maximum atomic E-state index is 6.22. The van der Waals surface area contributed by atoms with Crippen molar-refractivity contribution in [2.45, 2.75) is 0 Å². The summed E-state index contributed by atoms with van der Waals surface area (Å²) >= 11 is 1.79. The second kappa shape index (κ2) is 11.6. The largest absolute Gasteiger partial charge is 0.436 e. The minimum atomic E-state index is 0.635. The van der Waals surface area contributed by atoms with E-state index in [4.69, 9.17) is 24.4 Å². The van der Waals surface area contributed by atoms with Gasteiger partial charge >= 0.3 is 0 Å². The molecule has 0 aliphatic heterocycles. The lowest BCUT2D eigenvalue weighted by Crippen LogP contribution is -2.00. The zero-order chi connectivity index (χ0) is 33.0. The number of hydrogen-bond acceptors (Lipinski definition) is 6. The maximum Gasteiger partial charge on any atom is 0.227 e. The Morgan fingerprint density at radius 2 is 1.06 bits per heavy atom. The summed E-state index contributed by atoms with van der Waals surface area (Å²) in [6, 6.07) is 54.1. The van der Waals surface area contributed by atoms with E-state index in [9.17, 15) is 0 Å². The summed E-state index contributed by atoms with van der Waals surface area (Å²) in [5.74, 6) is 2.56. The minimum Gasteiger partial charge on any atom is -0.436 e. The molecule has 0 saturated heterocycles. The zero-order valence-electron chi connectivity index (χ0n) is 26.6. The summed E-state index contributed by atoms with van der Waals surface area (Å²) < 4.78 is 8.62. The summed E-state index contributed by atoms with van der Waals surface area (Å²) in [4.78, 5) is 19.9. The first kappa shape index (κ1) is 28.5. The molecule has 0 atom stereocenters. The van der Waals surface area contributed by atoms with Crippen LogP contribution in [0.5, 0.6) is 0 Å². The number of oxazole rings is 1. The molecule has 0 saturated carbocycles. The van der Waals surface area contributed by atoms with Gasteiger partial charge in [0.25, 0.3) is 0 Å². The first-order chi connectivity index (χ1) is 24.7. The maximum absolute atomic E-state index is 6.22. The average Bonchev–Trinajstić information content (AvgIpc) is 3.80. The SMILES string of the molecule is c1ccc(-c2nc(-c3ccc(-c4cccc5c4sc4ccc6oc(-c7ccccc7)nc6c45)cc3)nc(-c3ccc4ccccc4c3)n2)cc1. The predicted molar refractivity (Wildman–Crippen MR) is 205 cm³/mol. The van der Waals surface area contributed by atoms with Crippen LogP contribution in [0.2, 0.25) is 0 Å². The smallest absolute Gasteiger partial charge is 0.227 e. The van der Waals surface area contributed by atoms with Crippen LogP contribution in [0.3, 0.4) is 0 Å². The Bertz CT molecular complexity index is 2860. The number of aromatic nitrogens is 4. The van der Waals surface area contributed by atoms with Crippen molar-refractivity contribution in [1.29, 1.82) is 0 Å². The summed E-state index contributed by atoms with van der Waals surface area (Å²) in [6.45, 7) is 0. The van der Waals surface area contributed by atoms with Crippen LogP contribution in [0.4, 0.5) is 0 Å². The standard InChI is InChI=1S/C44H26N4OS/c1-3-11-29(12-4-1)41-46-42(48-43(47-41)33-23-18-27-10-7-8-15-32(27)26-33)30-21-19-28(20-22-30)34-16-9-17-35-38-37(50-40(34)35)25-24-36-39(38)45-44(49-36)31-13-5-2-6-14-31/h1-26H. The summed E-state index contributed by atoms with van der Waals surface area (Å²) in [5, 5.41) is 4.64. The molecule has 0 aliphatic carbocycles. The van der Waals surface area contributed by atoms with Gasteiger partial charge in [0.05, 0.1) is 0 Å². The molecule has 10 rings (SSSR count). The Morgan fingerprint density at radius 3 is 1.82 bits per heavy atom. The summed E-state index contributed by atoms with van der Waals surface area (Å²) in [5.41, 5.74) is 7.78. The Kier molecular flexibility index (Phi) is 6.60. The lowest BCUT2D eigenvalue weighted by molar-refractivity contribution is 0.620. The third kappa shape index (κ3) is 4.85. The molecule has 0 fully saturated rings. The normalized spacial score (nSPS) is 11.6. The van der Waals surface area contributed by atoms with Gasteiger partial charge in [0.1, 0.15) is 5.52 Å². The van der Waals surface area contributed by atoms with Crippen molar-refractivity contribution in [3.05, 3.63) is 158 Å². The lowest BCUT2D eigenvalue weighted by atomic mass is 10.0. The number of rotatable bonds is 5. The molecule has 0 amide bonds. The molecule has 7 aromatic carbocycles. The van der Waals surface area contributed by atoms with E-state index < -0.39 is 0 Å². The van der Waals surface area contributed by atoms with Crippen LogP contribution in [0, 0.1) is 0 Å². The second-order valence-electron chi connectivity index (χ2n) is 12.3. The molecule has 234 valence electrons. The monoisotopic (exact) mass is 658 g/mol. The summed E-state index contributed by atoms with van der Waals surface area (Å²) in [7, 11) is 0. The number of fused-ring (bicyclic) bond motifs is 6. The van der Waals surface area contributed by atoms with Gasteiger partial charge in [0.2, 0.25) is 5.89 Å². The molecule has 3 heterocycles. The molecule has 0 spiro atoms. The van der Waals surface area contributed by atoms with Gasteiger partial charge in [0, 0.05) is 42.4 Å². The van der Waals surface area contributed by atoms with E-state index in [0.717, 1.165) is 49.7 Å². The molecule has 0 bridgehead atoms. The highest BCUT2D eigenvalue weighted by Crippen LogP contribution is 2.43. The highest BCUT2D eigenvalue weighted by atomic mass is 32.1. The first-order valence-corrected chi connectivity index (χ1v) is 17.3. The van der Waals surface area contributed by atoms with Crippen molar-refractivity contribution in [3.63, 3.8) is 0 Å². The zero-order valence-corrected chi connectivity index (χ0v) is 27.4. The average molecular weight is 659 g/mol. The Balaban J connectivity index is 1.07. The molecular formula is C44H26N4OS. The van der Waals surface area contributed by atoms with Gasteiger partial charge in [0.15, 0.2) is 23.1 Å². The van der Waals surface area contributed by atoms with Crippen molar-refractivity contribution in [2.75, 3.05) is 0 Å². The van der Waals surface area contributed by atoms with Gasteiger partial charge < -0.3 is 4.42 Å². The van der Waals surface area contributed by atoms with Crippen LogP contribution in [-0.4, -0.2) is 19.9 Å². The molecule has 50 heavy (non-hydrogen) atoms. The van der Waals surface area contributed by atoms with E-state index in [0.29, 0.717) is 23.4 Å². The molecule has 10 aromatic rings. The molecule has 6 heteroatoms. The van der Waals surface area contributed by atoms with Crippen molar-refractivity contribution in [3.8, 4) is 56.7 Å². The topological polar surface area (TPSA) is 64.7 Å². The highest BCUT2D eigenvalue weighted by molar-refractivity contribution is 7.26.